The molecule has 0 spiro atoms. The van der Waals surface area contributed by atoms with Gasteiger partial charge in [-0.1, -0.05) is 0 Å². The fraction of sp³-hybridized carbons (Fsp3) is 0.0769. The molecule has 104 valence electrons. The summed E-state index contributed by atoms with van der Waals surface area (Å²) in [4.78, 5) is 1.11. The van der Waals surface area contributed by atoms with Crippen molar-refractivity contribution in [3.63, 3.8) is 0 Å². The van der Waals surface area contributed by atoms with Gasteiger partial charge in [-0.15, -0.1) is 26.2 Å². The minimum atomic E-state index is -0.217. The molecule has 0 atom stereocenters. The minimum Gasteiger partial charge on any atom is -0.364 e. The van der Waals surface area contributed by atoms with Crippen LogP contribution < -0.4 is 5.32 Å². The van der Waals surface area contributed by atoms with Crippen LogP contribution in [-0.2, 0) is 6.54 Å². The van der Waals surface area contributed by atoms with Crippen LogP contribution in [0.3, 0.4) is 0 Å². The highest BCUT2D eigenvalue weighted by molar-refractivity contribution is 7.19. The number of rotatable bonds is 3. The molecule has 4 aromatic rings. The molecule has 1 N–H and O–H groups in total. The first kappa shape index (κ1) is 12.2. The van der Waals surface area contributed by atoms with E-state index in [4.69, 9.17) is 0 Å². The van der Waals surface area contributed by atoms with Gasteiger partial charge in [-0.25, -0.2) is 4.39 Å². The molecule has 0 amide bonds. The molecule has 0 unspecified atom stereocenters. The Bertz CT molecular complexity index is 931. The van der Waals surface area contributed by atoms with Gasteiger partial charge in [0.1, 0.15) is 11.6 Å². The van der Waals surface area contributed by atoms with E-state index >= 15 is 0 Å². The molecule has 0 aliphatic rings. The lowest BCUT2D eigenvalue weighted by Crippen LogP contribution is -2.03. The molecule has 3 aromatic heterocycles. The Balaban J connectivity index is 1.56. The van der Waals surface area contributed by atoms with Crippen LogP contribution in [0.1, 0.15) is 4.88 Å². The first-order valence-electron chi connectivity index (χ1n) is 6.25. The highest BCUT2D eigenvalue weighted by atomic mass is 32.1. The van der Waals surface area contributed by atoms with Crippen molar-refractivity contribution in [3.05, 3.63) is 47.1 Å². The molecular formula is C13H9FN6S. The third-order valence-electron chi connectivity index (χ3n) is 3.04. The van der Waals surface area contributed by atoms with Crippen LogP contribution in [0.2, 0.25) is 0 Å². The average Bonchev–Trinajstić information content (AvgIpc) is 3.09. The fourth-order valence-electron chi connectivity index (χ4n) is 2.08. The number of anilines is 1. The summed E-state index contributed by atoms with van der Waals surface area (Å²) in [5.41, 5.74) is 0.595. The van der Waals surface area contributed by atoms with Gasteiger partial charge in [0, 0.05) is 9.58 Å². The highest BCUT2D eigenvalue weighted by Gasteiger charge is 2.04. The van der Waals surface area contributed by atoms with Crippen molar-refractivity contribution in [1.82, 2.24) is 25.3 Å². The second-order valence-corrected chi connectivity index (χ2v) is 5.66. The monoisotopic (exact) mass is 300 g/mol. The summed E-state index contributed by atoms with van der Waals surface area (Å²) in [6, 6.07) is 10.4. The number of fused-ring (bicyclic) bond motifs is 2. The number of aromatic nitrogens is 5. The first-order chi connectivity index (χ1) is 10.3. The van der Waals surface area contributed by atoms with Crippen LogP contribution in [0.5, 0.6) is 0 Å². The number of halogens is 1. The van der Waals surface area contributed by atoms with E-state index in [2.05, 4.69) is 25.9 Å². The Morgan fingerprint density at radius 1 is 1.19 bits per heavy atom. The molecule has 0 aliphatic heterocycles. The lowest BCUT2D eigenvalue weighted by atomic mass is 10.2. The van der Waals surface area contributed by atoms with Crippen LogP contribution in [0.4, 0.5) is 10.2 Å². The number of nitrogens with zero attached hydrogens (tertiary/aromatic N) is 5. The molecule has 0 bridgehead atoms. The molecule has 6 nitrogen and oxygen atoms in total. The zero-order valence-corrected chi connectivity index (χ0v) is 11.5. The lowest BCUT2D eigenvalue weighted by molar-refractivity contribution is 0.630. The van der Waals surface area contributed by atoms with Crippen molar-refractivity contribution < 1.29 is 4.39 Å². The third-order valence-corrected chi connectivity index (χ3v) is 4.16. The van der Waals surface area contributed by atoms with E-state index < -0.39 is 0 Å². The van der Waals surface area contributed by atoms with Gasteiger partial charge in [-0.2, -0.15) is 0 Å². The van der Waals surface area contributed by atoms with Gasteiger partial charge in [-0.3, -0.25) is 0 Å². The Kier molecular flexibility index (Phi) is 2.74. The third kappa shape index (κ3) is 2.29. The molecule has 0 fully saturated rings. The average molecular weight is 300 g/mol. The maximum atomic E-state index is 13.2. The summed E-state index contributed by atoms with van der Waals surface area (Å²) in [7, 11) is 0. The summed E-state index contributed by atoms with van der Waals surface area (Å²) in [6.45, 7) is 0.613. The molecule has 0 saturated heterocycles. The number of thiophene rings is 1. The predicted molar refractivity (Wildman–Crippen MR) is 77.7 cm³/mol. The summed E-state index contributed by atoms with van der Waals surface area (Å²) >= 11 is 1.63. The molecule has 0 aliphatic carbocycles. The van der Waals surface area contributed by atoms with Crippen LogP contribution >= 0.6 is 11.3 Å². The lowest BCUT2D eigenvalue weighted by Gasteiger charge is -2.02. The van der Waals surface area contributed by atoms with Crippen LogP contribution in [0, 0.1) is 5.82 Å². The Labute approximate surface area is 122 Å². The van der Waals surface area contributed by atoms with Crippen LogP contribution in [-0.4, -0.2) is 25.3 Å². The van der Waals surface area contributed by atoms with E-state index in [9.17, 15) is 4.39 Å². The maximum absolute atomic E-state index is 13.2. The minimum absolute atomic E-state index is 0.217. The number of benzene rings is 1. The van der Waals surface area contributed by atoms with Gasteiger partial charge in [-0.05, 0) is 52.2 Å². The maximum Gasteiger partial charge on any atom is 0.200 e. The second kappa shape index (κ2) is 4.74. The SMILES string of the molecule is Fc1ccc2sc(CNc3ccc4nnnn4n3)cc2c1. The zero-order valence-electron chi connectivity index (χ0n) is 10.7. The Hall–Kier alpha value is -2.61. The zero-order chi connectivity index (χ0) is 14.2. The highest BCUT2D eigenvalue weighted by Crippen LogP contribution is 2.26. The molecule has 3 heterocycles. The van der Waals surface area contributed by atoms with Gasteiger partial charge < -0.3 is 5.32 Å². The Morgan fingerprint density at radius 3 is 3.10 bits per heavy atom. The molecule has 0 saturated carbocycles. The number of tetrazole rings is 1. The normalized spacial score (nSPS) is 11.3. The summed E-state index contributed by atoms with van der Waals surface area (Å²) in [5, 5.41) is 19.4. The second-order valence-electron chi connectivity index (χ2n) is 4.49. The van der Waals surface area contributed by atoms with E-state index in [-0.39, 0.29) is 5.82 Å². The summed E-state index contributed by atoms with van der Waals surface area (Å²) < 4.78 is 15.6. The quantitative estimate of drug-likeness (QED) is 0.629. The Morgan fingerprint density at radius 2 is 2.14 bits per heavy atom. The van der Waals surface area contributed by atoms with Crippen LogP contribution in [0.15, 0.2) is 36.4 Å². The van der Waals surface area contributed by atoms with Crippen molar-refractivity contribution >= 4 is 32.9 Å². The number of hydrogen-bond donors (Lipinski definition) is 1. The van der Waals surface area contributed by atoms with Crippen molar-refractivity contribution in [1.29, 1.82) is 0 Å². The first-order valence-corrected chi connectivity index (χ1v) is 7.07. The molecular weight excluding hydrogens is 291 g/mol. The fourth-order valence-corrected chi connectivity index (χ4v) is 3.06. The van der Waals surface area contributed by atoms with E-state index in [1.807, 2.05) is 12.1 Å². The number of hydrogen-bond acceptors (Lipinski definition) is 6. The van der Waals surface area contributed by atoms with Gasteiger partial charge >= 0.3 is 0 Å². The van der Waals surface area contributed by atoms with E-state index in [1.54, 1.807) is 29.5 Å². The van der Waals surface area contributed by atoms with Crippen molar-refractivity contribution in [2.75, 3.05) is 5.32 Å². The topological polar surface area (TPSA) is 68.0 Å². The molecule has 0 radical (unpaired) electrons. The van der Waals surface area contributed by atoms with Crippen molar-refractivity contribution in [2.24, 2.45) is 0 Å². The van der Waals surface area contributed by atoms with Crippen molar-refractivity contribution in [2.45, 2.75) is 6.54 Å². The number of nitrogens with one attached hydrogen (secondary N) is 1. The van der Waals surface area contributed by atoms with Gasteiger partial charge in [0.25, 0.3) is 0 Å². The standard InChI is InChI=1S/C13H9FN6S/c14-9-1-2-11-8(5-9)6-10(21-11)7-15-12-3-4-13-16-18-19-20(13)17-12/h1-6H,7H2,(H,15,17). The smallest absolute Gasteiger partial charge is 0.200 e. The molecule has 4 rings (SSSR count). The van der Waals surface area contributed by atoms with Crippen LogP contribution in [0.25, 0.3) is 15.7 Å². The van der Waals surface area contributed by atoms with Gasteiger partial charge in [0.2, 0.25) is 0 Å². The van der Waals surface area contributed by atoms with Crippen molar-refractivity contribution in [3.8, 4) is 0 Å². The summed E-state index contributed by atoms with van der Waals surface area (Å²) in [6.07, 6.45) is 0. The predicted octanol–water partition coefficient (Wildman–Crippen LogP) is 2.49. The molecule has 8 heteroatoms. The molecule has 1 aromatic carbocycles. The summed E-state index contributed by atoms with van der Waals surface area (Å²) in [5.74, 6) is 0.462. The van der Waals surface area contributed by atoms with E-state index in [1.165, 1.54) is 10.7 Å². The van der Waals surface area contributed by atoms with Gasteiger partial charge in [0.15, 0.2) is 5.65 Å². The van der Waals surface area contributed by atoms with E-state index in [0.29, 0.717) is 18.0 Å². The van der Waals surface area contributed by atoms with E-state index in [0.717, 1.165) is 15.0 Å². The largest absolute Gasteiger partial charge is 0.364 e. The van der Waals surface area contributed by atoms with Gasteiger partial charge in [0.05, 0.1) is 6.54 Å². The molecule has 21 heavy (non-hydrogen) atoms.